The summed E-state index contributed by atoms with van der Waals surface area (Å²) in [5.41, 5.74) is 0.579. The molecular weight excluding hydrogens is 533 g/mol. The zero-order valence-electron chi connectivity index (χ0n) is 23.1. The van der Waals surface area contributed by atoms with Gasteiger partial charge in [-0.05, 0) is 69.0 Å². The molecule has 4 heterocycles. The van der Waals surface area contributed by atoms with Gasteiger partial charge in [-0.25, -0.2) is 9.50 Å². The number of rotatable bonds is 6. The van der Waals surface area contributed by atoms with Crippen LogP contribution in [0.3, 0.4) is 0 Å². The molecule has 1 aliphatic carbocycles. The topological polar surface area (TPSA) is 75.9 Å². The summed E-state index contributed by atoms with van der Waals surface area (Å²) in [7, 11) is 1.52. The van der Waals surface area contributed by atoms with Crippen molar-refractivity contribution in [2.75, 3.05) is 26.7 Å². The number of hydrogen-bond donors (Lipinski definition) is 0. The van der Waals surface area contributed by atoms with Gasteiger partial charge in [-0.2, -0.15) is 18.3 Å². The van der Waals surface area contributed by atoms with E-state index in [1.807, 2.05) is 25.3 Å². The highest BCUT2D eigenvalue weighted by molar-refractivity contribution is 6.00. The molecule has 6 rings (SSSR count). The molecule has 0 N–H and O–H groups in total. The Bertz CT molecular complexity index is 1570. The van der Waals surface area contributed by atoms with Gasteiger partial charge in [0.15, 0.2) is 11.3 Å². The Labute approximate surface area is 235 Å². The van der Waals surface area contributed by atoms with Crippen molar-refractivity contribution in [3.8, 4) is 17.0 Å². The molecule has 0 spiro atoms. The predicted molar refractivity (Wildman–Crippen MR) is 146 cm³/mol. The summed E-state index contributed by atoms with van der Waals surface area (Å²) in [6.45, 7) is 5.07. The van der Waals surface area contributed by atoms with Crippen molar-refractivity contribution in [1.82, 2.24) is 29.4 Å². The minimum Gasteiger partial charge on any atom is -0.497 e. The number of pyridine rings is 1. The number of hydrogen-bond acceptors (Lipinski definition) is 6. The number of alkyl halides is 3. The lowest BCUT2D eigenvalue weighted by molar-refractivity contribution is -0.143. The van der Waals surface area contributed by atoms with Crippen LogP contribution in [-0.2, 0) is 6.18 Å². The first-order chi connectivity index (χ1) is 19.7. The fourth-order valence-corrected chi connectivity index (χ4v) is 5.97. The number of fused-ring (bicyclic) bond motifs is 1. The minimum atomic E-state index is -4.71. The monoisotopic (exact) mass is 564 g/mol. The number of carbonyl (C=O) groups is 1. The lowest BCUT2D eigenvalue weighted by atomic mass is 10.0. The Hall–Kier alpha value is -3.99. The van der Waals surface area contributed by atoms with Crippen molar-refractivity contribution < 1.29 is 22.7 Å². The van der Waals surface area contributed by atoms with Crippen molar-refractivity contribution in [3.05, 3.63) is 77.4 Å². The van der Waals surface area contributed by atoms with Gasteiger partial charge in [-0.3, -0.25) is 14.7 Å². The normalized spacial score (nSPS) is 19.0. The Morgan fingerprint density at radius 2 is 1.85 bits per heavy atom. The zero-order chi connectivity index (χ0) is 28.9. The Balaban J connectivity index is 1.33. The number of halogens is 3. The van der Waals surface area contributed by atoms with Gasteiger partial charge < -0.3 is 9.64 Å². The molecule has 2 aliphatic rings. The van der Waals surface area contributed by atoms with E-state index in [1.54, 1.807) is 29.2 Å². The molecule has 2 atom stereocenters. The maximum absolute atomic E-state index is 14.3. The second-order valence-corrected chi connectivity index (χ2v) is 10.8. The average molecular weight is 565 g/mol. The van der Waals surface area contributed by atoms with Crippen molar-refractivity contribution >= 4 is 11.6 Å². The van der Waals surface area contributed by atoms with E-state index in [2.05, 4.69) is 26.0 Å². The summed E-state index contributed by atoms with van der Waals surface area (Å²) in [5, 5.41) is 4.01. The molecule has 0 radical (unpaired) electrons. The van der Waals surface area contributed by atoms with Gasteiger partial charge in [0.25, 0.3) is 5.91 Å². The second kappa shape index (κ2) is 10.4. The van der Waals surface area contributed by atoms with E-state index < -0.39 is 11.9 Å². The summed E-state index contributed by atoms with van der Waals surface area (Å²) in [6, 6.07) is 12.6. The molecule has 1 saturated carbocycles. The first-order valence-electron chi connectivity index (χ1n) is 13.7. The molecule has 1 unspecified atom stereocenters. The molecule has 1 aromatic carbocycles. The number of methoxy groups -OCH3 is 1. The van der Waals surface area contributed by atoms with Crippen LogP contribution in [0.25, 0.3) is 16.9 Å². The van der Waals surface area contributed by atoms with E-state index in [9.17, 15) is 18.0 Å². The van der Waals surface area contributed by atoms with Gasteiger partial charge in [0.1, 0.15) is 11.3 Å². The summed E-state index contributed by atoms with van der Waals surface area (Å²) >= 11 is 0. The van der Waals surface area contributed by atoms with E-state index in [0.717, 1.165) is 23.1 Å². The molecular formula is C30H31F3N6O2. The first-order valence-corrected chi connectivity index (χ1v) is 13.7. The summed E-state index contributed by atoms with van der Waals surface area (Å²) in [4.78, 5) is 27.2. The highest BCUT2D eigenvalue weighted by atomic mass is 19.4. The van der Waals surface area contributed by atoms with Gasteiger partial charge in [0.2, 0.25) is 0 Å². The van der Waals surface area contributed by atoms with Gasteiger partial charge in [-0.1, -0.05) is 6.07 Å². The number of nitrogens with zero attached hydrogens (tertiary/aromatic N) is 6. The van der Waals surface area contributed by atoms with Crippen LogP contribution in [0, 0.1) is 12.8 Å². The Morgan fingerprint density at radius 3 is 2.46 bits per heavy atom. The number of benzene rings is 1. The molecule has 4 aromatic rings. The maximum Gasteiger partial charge on any atom is 0.433 e. The van der Waals surface area contributed by atoms with Gasteiger partial charge in [-0.15, -0.1) is 0 Å². The highest BCUT2D eigenvalue weighted by Gasteiger charge is 2.42. The third kappa shape index (κ3) is 5.03. The summed E-state index contributed by atoms with van der Waals surface area (Å²) in [6.07, 6.45) is 0.613. The molecule has 3 aromatic heterocycles. The number of carbonyl (C=O) groups excluding carboxylic acids is 1. The van der Waals surface area contributed by atoms with Crippen LogP contribution < -0.4 is 4.74 Å². The number of amides is 1. The van der Waals surface area contributed by atoms with Crippen LogP contribution >= 0.6 is 0 Å². The van der Waals surface area contributed by atoms with E-state index in [0.29, 0.717) is 36.9 Å². The van der Waals surface area contributed by atoms with E-state index in [-0.39, 0.29) is 40.5 Å². The van der Waals surface area contributed by atoms with Gasteiger partial charge in [0.05, 0.1) is 30.7 Å². The SMILES string of the molecule is COc1ccc(-c2nc3c(C(=O)N4CCN(C(c5ccccn5)C5CC5)C[C@H]4C)cnn3c(C(F)(F)F)c2C)cc1. The van der Waals surface area contributed by atoms with Crippen LogP contribution in [0.4, 0.5) is 13.2 Å². The van der Waals surface area contributed by atoms with Crippen molar-refractivity contribution in [2.45, 2.75) is 44.9 Å². The molecule has 1 saturated heterocycles. The Kier molecular flexibility index (Phi) is 6.93. The summed E-state index contributed by atoms with van der Waals surface area (Å²) < 4.78 is 48.9. The predicted octanol–water partition coefficient (Wildman–Crippen LogP) is 5.42. The molecule has 8 nitrogen and oxygen atoms in total. The summed E-state index contributed by atoms with van der Waals surface area (Å²) in [5.74, 6) is 0.741. The molecule has 214 valence electrons. The molecule has 2 fully saturated rings. The fraction of sp³-hybridized carbons (Fsp3) is 0.400. The van der Waals surface area contributed by atoms with Crippen LogP contribution in [0.2, 0.25) is 0 Å². The van der Waals surface area contributed by atoms with Gasteiger partial charge in [0, 0.05) is 43.0 Å². The zero-order valence-corrected chi connectivity index (χ0v) is 23.1. The minimum absolute atomic E-state index is 0.0500. The van der Waals surface area contributed by atoms with E-state index >= 15 is 0 Å². The van der Waals surface area contributed by atoms with Crippen molar-refractivity contribution in [2.24, 2.45) is 5.92 Å². The quantitative estimate of drug-likeness (QED) is 0.311. The third-order valence-corrected chi connectivity index (χ3v) is 8.12. The molecule has 1 amide bonds. The van der Waals surface area contributed by atoms with Crippen molar-refractivity contribution in [3.63, 3.8) is 0 Å². The second-order valence-electron chi connectivity index (χ2n) is 10.8. The first kappa shape index (κ1) is 27.2. The molecule has 1 aliphatic heterocycles. The van der Waals surface area contributed by atoms with Gasteiger partial charge >= 0.3 is 6.18 Å². The molecule has 11 heteroatoms. The maximum atomic E-state index is 14.3. The molecule has 0 bridgehead atoms. The smallest absolute Gasteiger partial charge is 0.433 e. The number of aromatic nitrogens is 4. The van der Waals surface area contributed by atoms with Crippen LogP contribution in [-0.4, -0.2) is 68.1 Å². The van der Waals surface area contributed by atoms with E-state index in [1.165, 1.54) is 20.2 Å². The van der Waals surface area contributed by atoms with Crippen LogP contribution in [0.1, 0.15) is 53.1 Å². The lowest BCUT2D eigenvalue weighted by Gasteiger charge is -2.43. The standard InChI is InChI=1S/C30H31F3N6O2/c1-18-17-37(26(21-7-8-21)24-6-4-5-13-34-24)14-15-38(18)29(40)23-16-35-39-27(30(31,32)33)19(2)25(36-28(23)39)20-9-11-22(41-3)12-10-20/h4-6,9-13,16,18,21,26H,7-8,14-15,17H2,1-3H3/t18-,26?/m1/s1. The van der Waals surface area contributed by atoms with E-state index in [4.69, 9.17) is 4.74 Å². The van der Waals surface area contributed by atoms with Crippen LogP contribution in [0.15, 0.2) is 54.9 Å². The average Bonchev–Trinajstić information content (AvgIpc) is 3.70. The fourth-order valence-electron chi connectivity index (χ4n) is 5.97. The molecule has 41 heavy (non-hydrogen) atoms. The largest absolute Gasteiger partial charge is 0.497 e. The lowest BCUT2D eigenvalue weighted by Crippen LogP contribution is -2.55. The van der Waals surface area contributed by atoms with Crippen LogP contribution in [0.5, 0.6) is 5.75 Å². The number of piperazine rings is 1. The highest BCUT2D eigenvalue weighted by Crippen LogP contribution is 2.44. The number of ether oxygens (including phenoxy) is 1. The third-order valence-electron chi connectivity index (χ3n) is 8.12. The van der Waals surface area contributed by atoms with Crippen molar-refractivity contribution in [1.29, 1.82) is 0 Å². The Morgan fingerprint density at radius 1 is 1.10 bits per heavy atom.